The molecule has 29 heavy (non-hydrogen) atoms. The molecule has 160 valence electrons. The van der Waals surface area contributed by atoms with Crippen molar-refractivity contribution in [2.75, 3.05) is 7.05 Å². The Morgan fingerprint density at radius 1 is 1.21 bits per heavy atom. The number of rotatable bonds is 6. The summed E-state index contributed by atoms with van der Waals surface area (Å²) in [7, 11) is 3.85. The average molecular weight is 509 g/mol. The third-order valence-electron chi connectivity index (χ3n) is 5.92. The van der Waals surface area contributed by atoms with E-state index in [1.165, 1.54) is 22.4 Å². The highest BCUT2D eigenvalue weighted by Gasteiger charge is 2.39. The first-order valence-electron chi connectivity index (χ1n) is 10.4. The molecule has 0 radical (unpaired) electrons. The molecule has 1 aromatic heterocycles. The van der Waals surface area contributed by atoms with Crippen molar-refractivity contribution in [2.24, 2.45) is 12.0 Å². The van der Waals surface area contributed by atoms with Crippen LogP contribution in [0.25, 0.3) is 0 Å². The molecule has 0 bridgehead atoms. The van der Waals surface area contributed by atoms with Crippen molar-refractivity contribution in [1.29, 1.82) is 0 Å². The number of guanidine groups is 1. The van der Waals surface area contributed by atoms with E-state index in [9.17, 15) is 0 Å². The summed E-state index contributed by atoms with van der Waals surface area (Å²) >= 11 is 0. The topological polar surface area (TPSA) is 54.2 Å². The molecule has 1 saturated carbocycles. The van der Waals surface area contributed by atoms with Crippen molar-refractivity contribution in [3.05, 3.63) is 52.3 Å². The second-order valence-electron chi connectivity index (χ2n) is 8.51. The molecule has 1 fully saturated rings. The van der Waals surface area contributed by atoms with Gasteiger partial charge in [0.25, 0.3) is 0 Å². The molecule has 3 rings (SSSR count). The van der Waals surface area contributed by atoms with Gasteiger partial charge in [-0.25, -0.2) is 0 Å². The molecule has 1 aliphatic carbocycles. The number of hydrogen-bond acceptors (Lipinski definition) is 2. The van der Waals surface area contributed by atoms with Crippen molar-refractivity contribution < 1.29 is 0 Å². The summed E-state index contributed by atoms with van der Waals surface area (Å²) in [5.74, 6) is 2.05. The quantitative estimate of drug-likeness (QED) is 0.344. The fraction of sp³-hybridized carbons (Fsp3) is 0.565. The summed E-state index contributed by atoms with van der Waals surface area (Å²) < 4.78 is 1.96. The molecule has 0 aliphatic heterocycles. The van der Waals surface area contributed by atoms with E-state index in [4.69, 9.17) is 0 Å². The predicted octanol–water partition coefficient (Wildman–Crippen LogP) is 4.43. The summed E-state index contributed by atoms with van der Waals surface area (Å²) in [5, 5.41) is 11.7. The molecule has 6 heteroatoms. The lowest BCUT2D eigenvalue weighted by Gasteiger charge is -2.18. The van der Waals surface area contributed by atoms with Crippen molar-refractivity contribution in [3.63, 3.8) is 0 Å². The molecule has 1 heterocycles. The zero-order valence-electron chi connectivity index (χ0n) is 18.8. The highest BCUT2D eigenvalue weighted by molar-refractivity contribution is 14.0. The number of aryl methyl sites for hydroxylation is 2. The van der Waals surface area contributed by atoms with Crippen LogP contribution in [0.4, 0.5) is 0 Å². The number of benzene rings is 1. The first-order valence-corrected chi connectivity index (χ1v) is 10.4. The second-order valence-corrected chi connectivity index (χ2v) is 8.51. The molecule has 5 nitrogen and oxygen atoms in total. The lowest BCUT2D eigenvalue weighted by molar-refractivity contribution is 0.633. The standard InChI is InChI=1S/C23H35N5.HI/c1-14(2)18-8-10-19(11-9-18)21-13-22(21)26-23(24-6)25-15(3)12-20-16(4)27-28(7)17(20)5;/h8-11,14-15,21-22H,12-13H2,1-7H3,(H2,24,25,26);1H. The fourth-order valence-electron chi connectivity index (χ4n) is 3.90. The van der Waals surface area contributed by atoms with Gasteiger partial charge in [-0.15, -0.1) is 24.0 Å². The van der Waals surface area contributed by atoms with Gasteiger partial charge in [0.15, 0.2) is 5.96 Å². The molecule has 0 amide bonds. The molecule has 3 unspecified atom stereocenters. The van der Waals surface area contributed by atoms with Gasteiger partial charge in [-0.05, 0) is 56.2 Å². The monoisotopic (exact) mass is 509 g/mol. The van der Waals surface area contributed by atoms with Gasteiger partial charge in [0.1, 0.15) is 0 Å². The van der Waals surface area contributed by atoms with Gasteiger partial charge in [0, 0.05) is 37.8 Å². The maximum absolute atomic E-state index is 4.52. The Morgan fingerprint density at radius 3 is 2.38 bits per heavy atom. The Morgan fingerprint density at radius 2 is 1.86 bits per heavy atom. The number of hydrogen-bond donors (Lipinski definition) is 2. The number of nitrogens with one attached hydrogen (secondary N) is 2. The molecule has 1 aromatic carbocycles. The Balaban J connectivity index is 0.00000300. The van der Waals surface area contributed by atoms with Crippen molar-refractivity contribution in [1.82, 2.24) is 20.4 Å². The van der Waals surface area contributed by atoms with Crippen molar-refractivity contribution in [2.45, 2.75) is 71.4 Å². The van der Waals surface area contributed by atoms with Gasteiger partial charge in [-0.1, -0.05) is 38.1 Å². The van der Waals surface area contributed by atoms with E-state index in [1.807, 2.05) is 18.8 Å². The first kappa shape index (κ1) is 23.7. The van der Waals surface area contributed by atoms with Crippen LogP contribution in [0.1, 0.15) is 67.1 Å². The van der Waals surface area contributed by atoms with Crippen LogP contribution in [-0.2, 0) is 13.5 Å². The number of aliphatic imine (C=N–C) groups is 1. The van der Waals surface area contributed by atoms with Crippen molar-refractivity contribution >= 4 is 29.9 Å². The van der Waals surface area contributed by atoms with Crippen LogP contribution in [0, 0.1) is 13.8 Å². The smallest absolute Gasteiger partial charge is 0.191 e. The normalized spacial score (nSPS) is 19.7. The van der Waals surface area contributed by atoms with Gasteiger partial charge in [0.2, 0.25) is 0 Å². The minimum absolute atomic E-state index is 0. The third kappa shape index (κ3) is 5.74. The largest absolute Gasteiger partial charge is 0.354 e. The van der Waals surface area contributed by atoms with Crippen LogP contribution < -0.4 is 10.6 Å². The Hall–Kier alpha value is -1.57. The molecule has 1 aliphatic rings. The average Bonchev–Trinajstić information content (AvgIpc) is 3.39. The molecule has 2 N–H and O–H groups in total. The first-order chi connectivity index (χ1) is 13.3. The van der Waals surface area contributed by atoms with Crippen LogP contribution in [-0.4, -0.2) is 34.9 Å². The van der Waals surface area contributed by atoms with Crippen LogP contribution in [0.3, 0.4) is 0 Å². The van der Waals surface area contributed by atoms with E-state index in [0.717, 1.165) is 24.5 Å². The van der Waals surface area contributed by atoms with E-state index < -0.39 is 0 Å². The van der Waals surface area contributed by atoms with Gasteiger partial charge >= 0.3 is 0 Å². The van der Waals surface area contributed by atoms with E-state index in [0.29, 0.717) is 17.9 Å². The van der Waals surface area contributed by atoms with E-state index >= 15 is 0 Å². The van der Waals surface area contributed by atoms with Crippen LogP contribution in [0.2, 0.25) is 0 Å². The Bertz CT molecular complexity index is 838. The number of aromatic nitrogens is 2. The Labute approximate surface area is 192 Å². The van der Waals surface area contributed by atoms with Gasteiger partial charge < -0.3 is 10.6 Å². The minimum atomic E-state index is 0. The summed E-state index contributed by atoms with van der Waals surface area (Å²) in [6.07, 6.45) is 2.11. The highest BCUT2D eigenvalue weighted by Crippen LogP contribution is 2.41. The second kappa shape index (κ2) is 9.96. The van der Waals surface area contributed by atoms with Gasteiger partial charge in [-0.2, -0.15) is 5.10 Å². The fourth-order valence-corrected chi connectivity index (χ4v) is 3.90. The van der Waals surface area contributed by atoms with Crippen LogP contribution in [0.15, 0.2) is 29.3 Å². The summed E-state index contributed by atoms with van der Waals surface area (Å²) in [6, 6.07) is 9.86. The minimum Gasteiger partial charge on any atom is -0.354 e. The van der Waals surface area contributed by atoms with Crippen molar-refractivity contribution in [3.8, 4) is 0 Å². The zero-order chi connectivity index (χ0) is 20.4. The molecular formula is C23H36IN5. The maximum atomic E-state index is 4.52. The predicted molar refractivity (Wildman–Crippen MR) is 133 cm³/mol. The SMILES string of the molecule is CN=C(NC(C)Cc1c(C)nn(C)c1C)NC1CC1c1ccc(C(C)C)cc1.I. The maximum Gasteiger partial charge on any atom is 0.191 e. The van der Waals surface area contributed by atoms with Gasteiger partial charge in [0.05, 0.1) is 5.69 Å². The third-order valence-corrected chi connectivity index (χ3v) is 5.92. The molecule has 0 spiro atoms. The Kier molecular flexibility index (Phi) is 8.14. The van der Waals surface area contributed by atoms with Crippen LogP contribution in [0.5, 0.6) is 0 Å². The molecule has 2 aromatic rings. The lowest BCUT2D eigenvalue weighted by Crippen LogP contribution is -2.44. The number of halogens is 1. The van der Waals surface area contributed by atoms with E-state index in [-0.39, 0.29) is 30.0 Å². The summed E-state index contributed by atoms with van der Waals surface area (Å²) in [6.45, 7) is 10.9. The molecular weight excluding hydrogens is 473 g/mol. The highest BCUT2D eigenvalue weighted by atomic mass is 127. The summed E-state index contributed by atoms with van der Waals surface area (Å²) in [5.41, 5.74) is 6.51. The van der Waals surface area contributed by atoms with Crippen LogP contribution >= 0.6 is 24.0 Å². The van der Waals surface area contributed by atoms with E-state index in [1.54, 1.807) is 0 Å². The number of nitrogens with zero attached hydrogens (tertiary/aromatic N) is 3. The van der Waals surface area contributed by atoms with E-state index in [2.05, 4.69) is 79.6 Å². The molecule has 0 saturated heterocycles. The lowest BCUT2D eigenvalue weighted by atomic mass is 10.0. The molecule has 3 atom stereocenters. The zero-order valence-corrected chi connectivity index (χ0v) is 21.1. The van der Waals surface area contributed by atoms with Gasteiger partial charge in [-0.3, -0.25) is 9.67 Å². The summed E-state index contributed by atoms with van der Waals surface area (Å²) in [4.78, 5) is 4.44.